The van der Waals surface area contributed by atoms with Crippen LogP contribution in [-0.4, -0.2) is 28.7 Å². The molecule has 32 heavy (non-hydrogen) atoms. The molecule has 3 rings (SSSR count). The van der Waals surface area contributed by atoms with E-state index in [2.05, 4.69) is 14.7 Å². The molecule has 0 atom stereocenters. The highest BCUT2D eigenvalue weighted by molar-refractivity contribution is 7.92. The summed E-state index contributed by atoms with van der Waals surface area (Å²) in [4.78, 5) is 19.8. The van der Waals surface area contributed by atoms with Crippen molar-refractivity contribution in [2.24, 2.45) is 7.05 Å². The third-order valence-electron chi connectivity index (χ3n) is 4.27. The highest BCUT2D eigenvalue weighted by atomic mass is 35.5. The van der Waals surface area contributed by atoms with Gasteiger partial charge in [-0.1, -0.05) is 24.9 Å². The Morgan fingerprint density at radius 1 is 1.19 bits per heavy atom. The monoisotopic (exact) mass is 484 g/mol. The molecular weight excluding hydrogens is 466 g/mol. The predicted molar refractivity (Wildman–Crippen MR) is 116 cm³/mol. The molecule has 0 amide bonds. The Labute approximate surface area is 187 Å². The molecule has 1 aromatic carbocycles. The van der Waals surface area contributed by atoms with Crippen LogP contribution in [-0.2, 0) is 17.1 Å². The van der Waals surface area contributed by atoms with E-state index in [1.165, 1.54) is 36.0 Å². The molecule has 0 fully saturated rings. The van der Waals surface area contributed by atoms with Crippen molar-refractivity contribution in [1.29, 1.82) is 0 Å². The number of unbranched alkanes of at least 4 members (excludes halogenated alkanes) is 1. The Morgan fingerprint density at radius 3 is 2.59 bits per heavy atom. The molecule has 0 saturated heterocycles. The van der Waals surface area contributed by atoms with E-state index in [1.807, 2.05) is 6.92 Å². The summed E-state index contributed by atoms with van der Waals surface area (Å²) in [6.07, 6.45) is 2.59. The van der Waals surface area contributed by atoms with Gasteiger partial charge in [0.25, 0.3) is 0 Å². The minimum Gasteiger partial charge on any atom is -0.419 e. The lowest BCUT2D eigenvalue weighted by Gasteiger charge is -2.12. The molecule has 0 spiro atoms. The molecule has 0 aliphatic rings. The van der Waals surface area contributed by atoms with Gasteiger partial charge in [-0.3, -0.25) is 9.52 Å². The van der Waals surface area contributed by atoms with Gasteiger partial charge in [-0.15, -0.1) is 0 Å². The summed E-state index contributed by atoms with van der Waals surface area (Å²) in [6, 6.07) is 5.13. The maximum Gasteiger partial charge on any atom is 0.324 e. The van der Waals surface area contributed by atoms with E-state index in [4.69, 9.17) is 16.3 Å². The van der Waals surface area contributed by atoms with Gasteiger partial charge < -0.3 is 9.30 Å². The number of hydrogen-bond donors (Lipinski definition) is 1. The number of rotatable bonds is 8. The van der Waals surface area contributed by atoms with E-state index < -0.39 is 33.4 Å². The first-order valence-corrected chi connectivity index (χ1v) is 11.5. The van der Waals surface area contributed by atoms with Crippen LogP contribution in [0.4, 0.5) is 14.6 Å². The Balaban J connectivity index is 2.08. The van der Waals surface area contributed by atoms with Crippen LogP contribution in [0.2, 0.25) is 5.02 Å². The lowest BCUT2D eigenvalue weighted by Crippen LogP contribution is -2.18. The SMILES string of the molecule is CCCCS(=O)(=O)Nc1cc(-c2ccc(=O)n(C)c2)nc(Oc2c(F)cc(F)cc2Cl)n1. The van der Waals surface area contributed by atoms with E-state index >= 15 is 0 Å². The number of aromatic nitrogens is 3. The number of pyridine rings is 1. The van der Waals surface area contributed by atoms with Crippen molar-refractivity contribution in [3.8, 4) is 23.0 Å². The molecule has 170 valence electrons. The van der Waals surface area contributed by atoms with Crippen LogP contribution in [0.1, 0.15) is 19.8 Å². The largest absolute Gasteiger partial charge is 0.419 e. The maximum absolute atomic E-state index is 14.2. The molecule has 0 aliphatic heterocycles. The van der Waals surface area contributed by atoms with Crippen molar-refractivity contribution < 1.29 is 21.9 Å². The highest BCUT2D eigenvalue weighted by Gasteiger charge is 2.18. The van der Waals surface area contributed by atoms with Gasteiger partial charge in [-0.25, -0.2) is 17.2 Å². The molecule has 8 nitrogen and oxygen atoms in total. The second-order valence-electron chi connectivity index (χ2n) is 6.86. The number of anilines is 1. The summed E-state index contributed by atoms with van der Waals surface area (Å²) >= 11 is 5.87. The zero-order chi connectivity index (χ0) is 23.5. The van der Waals surface area contributed by atoms with Crippen molar-refractivity contribution in [2.45, 2.75) is 19.8 Å². The zero-order valence-electron chi connectivity index (χ0n) is 17.1. The van der Waals surface area contributed by atoms with Crippen molar-refractivity contribution in [3.05, 3.63) is 63.5 Å². The fourth-order valence-corrected chi connectivity index (χ4v) is 4.11. The van der Waals surface area contributed by atoms with E-state index in [1.54, 1.807) is 0 Å². The van der Waals surface area contributed by atoms with Crippen LogP contribution in [0.3, 0.4) is 0 Å². The first-order chi connectivity index (χ1) is 15.1. The summed E-state index contributed by atoms with van der Waals surface area (Å²) in [5, 5.41) is -0.358. The third kappa shape index (κ3) is 5.80. The Kier molecular flexibility index (Phi) is 7.09. The zero-order valence-corrected chi connectivity index (χ0v) is 18.7. The van der Waals surface area contributed by atoms with Crippen LogP contribution >= 0.6 is 11.6 Å². The number of sulfonamides is 1. The number of aryl methyl sites for hydroxylation is 1. The Bertz CT molecular complexity index is 1290. The average Bonchev–Trinajstić information content (AvgIpc) is 2.70. The van der Waals surface area contributed by atoms with Crippen LogP contribution in [0.15, 0.2) is 41.3 Å². The first-order valence-electron chi connectivity index (χ1n) is 9.47. The lowest BCUT2D eigenvalue weighted by atomic mass is 10.2. The lowest BCUT2D eigenvalue weighted by molar-refractivity contribution is 0.409. The van der Waals surface area contributed by atoms with Crippen molar-refractivity contribution in [1.82, 2.24) is 14.5 Å². The highest BCUT2D eigenvalue weighted by Crippen LogP contribution is 2.33. The standard InChI is InChI=1S/C20H19ClF2N4O4S/c1-3-4-7-32(29,30)26-17-10-16(12-5-6-18(28)27(2)11-12)24-20(25-17)31-19-14(21)8-13(22)9-15(19)23/h5-6,8-11H,3-4,7H2,1-2H3,(H,24,25,26). The second kappa shape index (κ2) is 9.61. The Morgan fingerprint density at radius 2 is 1.94 bits per heavy atom. The van der Waals surface area contributed by atoms with Gasteiger partial charge in [0, 0.05) is 37.0 Å². The molecule has 1 N–H and O–H groups in total. The smallest absolute Gasteiger partial charge is 0.324 e. The first kappa shape index (κ1) is 23.6. The number of hydrogen-bond acceptors (Lipinski definition) is 6. The minimum atomic E-state index is -3.72. The third-order valence-corrected chi connectivity index (χ3v) is 5.90. The average molecular weight is 485 g/mol. The maximum atomic E-state index is 14.2. The van der Waals surface area contributed by atoms with E-state index in [0.717, 1.165) is 6.07 Å². The summed E-state index contributed by atoms with van der Waals surface area (Å²) in [5.41, 5.74) is 0.372. The van der Waals surface area contributed by atoms with Crippen molar-refractivity contribution in [2.75, 3.05) is 10.5 Å². The topological polar surface area (TPSA) is 103 Å². The van der Waals surface area contributed by atoms with Gasteiger partial charge in [0.1, 0.15) is 11.6 Å². The molecule has 0 bridgehead atoms. The molecule has 3 aromatic rings. The fraction of sp³-hybridized carbons (Fsp3) is 0.250. The number of ether oxygens (including phenoxy) is 1. The number of nitrogens with one attached hydrogen (secondary N) is 1. The fourth-order valence-electron chi connectivity index (χ4n) is 2.68. The second-order valence-corrected chi connectivity index (χ2v) is 9.11. The summed E-state index contributed by atoms with van der Waals surface area (Å²) in [5.74, 6) is -2.77. The summed E-state index contributed by atoms with van der Waals surface area (Å²) in [6.45, 7) is 1.85. The van der Waals surface area contributed by atoms with Gasteiger partial charge in [-0.05, 0) is 18.6 Å². The number of halogens is 3. The van der Waals surface area contributed by atoms with Crippen LogP contribution in [0, 0.1) is 11.6 Å². The minimum absolute atomic E-state index is 0.128. The quantitative estimate of drug-likeness (QED) is 0.516. The van der Waals surface area contributed by atoms with E-state index in [9.17, 15) is 22.0 Å². The molecule has 0 radical (unpaired) electrons. The molecule has 0 saturated carbocycles. The summed E-state index contributed by atoms with van der Waals surface area (Å²) in [7, 11) is -2.19. The van der Waals surface area contributed by atoms with Gasteiger partial charge >= 0.3 is 6.01 Å². The van der Waals surface area contributed by atoms with Crippen LogP contribution in [0.25, 0.3) is 11.3 Å². The number of benzene rings is 1. The van der Waals surface area contributed by atoms with Gasteiger partial charge in [-0.2, -0.15) is 9.97 Å². The molecular formula is C20H19ClF2N4O4S. The van der Waals surface area contributed by atoms with Gasteiger partial charge in [0.05, 0.1) is 16.5 Å². The molecule has 2 heterocycles. The number of nitrogens with zero attached hydrogens (tertiary/aromatic N) is 3. The summed E-state index contributed by atoms with van der Waals surface area (Å²) < 4.78 is 61.2. The van der Waals surface area contributed by atoms with Crippen molar-refractivity contribution >= 4 is 27.4 Å². The van der Waals surface area contributed by atoms with E-state index in [0.29, 0.717) is 24.5 Å². The molecule has 2 aromatic heterocycles. The van der Waals surface area contributed by atoms with Crippen LogP contribution < -0.4 is 15.0 Å². The molecule has 0 aliphatic carbocycles. The van der Waals surface area contributed by atoms with E-state index in [-0.39, 0.29) is 27.8 Å². The molecule has 0 unspecified atom stereocenters. The van der Waals surface area contributed by atoms with Gasteiger partial charge in [0.15, 0.2) is 11.6 Å². The van der Waals surface area contributed by atoms with Crippen molar-refractivity contribution in [3.63, 3.8) is 0 Å². The molecule has 12 heteroatoms. The predicted octanol–water partition coefficient (Wildman–Crippen LogP) is 4.11. The normalized spacial score (nSPS) is 11.4. The Hall–Kier alpha value is -3.05. The van der Waals surface area contributed by atoms with Crippen LogP contribution in [0.5, 0.6) is 11.8 Å². The van der Waals surface area contributed by atoms with Gasteiger partial charge in [0.2, 0.25) is 15.6 Å².